The van der Waals surface area contributed by atoms with Crippen molar-refractivity contribution >= 4 is 23.3 Å². The minimum atomic E-state index is -0.520. The largest absolute Gasteiger partial charge is 0.378 e. The zero-order valence-corrected chi connectivity index (χ0v) is 13.1. The van der Waals surface area contributed by atoms with Crippen LogP contribution in [0.2, 0.25) is 0 Å². The van der Waals surface area contributed by atoms with Crippen LogP contribution in [-0.4, -0.2) is 27.0 Å². The van der Waals surface area contributed by atoms with Gasteiger partial charge in [-0.2, -0.15) is 9.97 Å². The summed E-state index contributed by atoms with van der Waals surface area (Å²) in [6, 6.07) is 0.376. The number of hydrogen-bond donors (Lipinski definition) is 3. The molecule has 0 bridgehead atoms. The molecule has 1 aliphatic rings. The molecule has 0 aliphatic heterocycles. The van der Waals surface area contributed by atoms with Crippen molar-refractivity contribution in [2.45, 2.75) is 64.5 Å². The second-order valence-electron chi connectivity index (χ2n) is 5.82. The number of nitrogen functional groups attached to an aromatic ring is 1. The predicted octanol–water partition coefficient (Wildman–Crippen LogP) is 2.92. The Hall–Kier alpha value is -2.12. The molecular weight excluding hydrogens is 284 g/mol. The average molecular weight is 308 g/mol. The zero-order chi connectivity index (χ0) is 16.1. The number of hydrogen-bond acceptors (Lipinski definition) is 7. The summed E-state index contributed by atoms with van der Waals surface area (Å²) in [7, 11) is 0. The number of nitrogens with one attached hydrogen (secondary N) is 2. The van der Waals surface area contributed by atoms with Crippen molar-refractivity contribution in [2.75, 3.05) is 16.4 Å². The molecule has 8 nitrogen and oxygen atoms in total. The Bertz CT molecular complexity index is 530. The molecule has 4 N–H and O–H groups in total. The van der Waals surface area contributed by atoms with Crippen molar-refractivity contribution in [3.8, 4) is 0 Å². The van der Waals surface area contributed by atoms with Crippen molar-refractivity contribution in [1.82, 2.24) is 9.97 Å². The van der Waals surface area contributed by atoms with Gasteiger partial charge in [-0.1, -0.05) is 26.2 Å². The summed E-state index contributed by atoms with van der Waals surface area (Å²) in [5, 5.41) is 17.6. The topological polar surface area (TPSA) is 119 Å². The van der Waals surface area contributed by atoms with Crippen LogP contribution in [0.1, 0.15) is 52.4 Å². The summed E-state index contributed by atoms with van der Waals surface area (Å²) >= 11 is 0. The lowest BCUT2D eigenvalue weighted by molar-refractivity contribution is -0.383. The summed E-state index contributed by atoms with van der Waals surface area (Å²) < 4.78 is 0. The number of anilines is 3. The normalized spacial score (nSPS) is 17.0. The van der Waals surface area contributed by atoms with Crippen LogP contribution in [0.5, 0.6) is 0 Å². The Morgan fingerprint density at radius 1 is 1.36 bits per heavy atom. The van der Waals surface area contributed by atoms with Gasteiger partial charge in [0.1, 0.15) is 0 Å². The van der Waals surface area contributed by atoms with Crippen LogP contribution in [0.4, 0.5) is 23.3 Å². The molecule has 0 saturated heterocycles. The molecule has 0 spiro atoms. The van der Waals surface area contributed by atoms with Gasteiger partial charge in [0.2, 0.25) is 17.6 Å². The van der Waals surface area contributed by atoms with E-state index in [-0.39, 0.29) is 29.4 Å². The highest BCUT2D eigenvalue weighted by atomic mass is 16.6. The van der Waals surface area contributed by atoms with E-state index < -0.39 is 4.92 Å². The quantitative estimate of drug-likeness (QED) is 0.546. The third-order valence-corrected chi connectivity index (χ3v) is 4.03. The average Bonchev–Trinajstić information content (AvgIpc) is 2.47. The summed E-state index contributed by atoms with van der Waals surface area (Å²) in [6.07, 6.45) is 6.36. The molecule has 0 aromatic carbocycles. The molecular formula is C14H24N6O2. The SMILES string of the molecule is CC[C@@H](C)Nc1nc(N)c([N+](=O)[O-])c(NC2CCCCC2)n1. The minimum Gasteiger partial charge on any atom is -0.378 e. The number of rotatable bonds is 6. The molecule has 1 atom stereocenters. The van der Waals surface area contributed by atoms with Crippen LogP contribution < -0.4 is 16.4 Å². The molecule has 0 radical (unpaired) electrons. The Morgan fingerprint density at radius 3 is 2.64 bits per heavy atom. The number of nitro groups is 1. The molecule has 1 heterocycles. The van der Waals surface area contributed by atoms with Crippen molar-refractivity contribution in [3.63, 3.8) is 0 Å². The van der Waals surface area contributed by atoms with Gasteiger partial charge in [0.15, 0.2) is 0 Å². The van der Waals surface area contributed by atoms with Crippen LogP contribution in [0.15, 0.2) is 0 Å². The Labute approximate surface area is 130 Å². The van der Waals surface area contributed by atoms with Crippen molar-refractivity contribution in [1.29, 1.82) is 0 Å². The predicted molar refractivity (Wildman–Crippen MR) is 87.0 cm³/mol. The first kappa shape index (κ1) is 16.3. The van der Waals surface area contributed by atoms with E-state index in [2.05, 4.69) is 20.6 Å². The van der Waals surface area contributed by atoms with Crippen LogP contribution >= 0.6 is 0 Å². The van der Waals surface area contributed by atoms with Gasteiger partial charge in [-0.05, 0) is 26.2 Å². The third kappa shape index (κ3) is 3.96. The van der Waals surface area contributed by atoms with E-state index in [1.54, 1.807) is 0 Å². The van der Waals surface area contributed by atoms with Crippen molar-refractivity contribution in [2.24, 2.45) is 0 Å². The van der Waals surface area contributed by atoms with Crippen LogP contribution in [0, 0.1) is 10.1 Å². The molecule has 1 aromatic heterocycles. The minimum absolute atomic E-state index is 0.107. The Balaban J connectivity index is 2.27. The van der Waals surface area contributed by atoms with E-state index in [1.807, 2.05) is 13.8 Å². The molecule has 0 amide bonds. The lowest BCUT2D eigenvalue weighted by Crippen LogP contribution is -2.25. The molecule has 8 heteroatoms. The maximum atomic E-state index is 11.3. The number of aromatic nitrogens is 2. The lowest BCUT2D eigenvalue weighted by Gasteiger charge is -2.23. The van der Waals surface area contributed by atoms with Gasteiger partial charge >= 0.3 is 5.69 Å². The smallest absolute Gasteiger partial charge is 0.353 e. The molecule has 122 valence electrons. The molecule has 1 aromatic rings. The Morgan fingerprint density at radius 2 is 2.05 bits per heavy atom. The summed E-state index contributed by atoms with van der Waals surface area (Å²) in [6.45, 7) is 4.03. The maximum absolute atomic E-state index is 11.3. The van der Waals surface area contributed by atoms with Crippen LogP contribution in [0.3, 0.4) is 0 Å². The van der Waals surface area contributed by atoms with Gasteiger partial charge in [-0.15, -0.1) is 0 Å². The van der Waals surface area contributed by atoms with E-state index in [1.165, 1.54) is 6.42 Å². The summed E-state index contributed by atoms with van der Waals surface area (Å²) in [4.78, 5) is 19.0. The fourth-order valence-electron chi connectivity index (χ4n) is 2.58. The molecule has 1 aliphatic carbocycles. The van der Waals surface area contributed by atoms with Gasteiger partial charge in [0.05, 0.1) is 4.92 Å². The van der Waals surface area contributed by atoms with Crippen LogP contribution in [0.25, 0.3) is 0 Å². The van der Waals surface area contributed by atoms with Gasteiger partial charge in [0, 0.05) is 12.1 Å². The van der Waals surface area contributed by atoms with E-state index in [4.69, 9.17) is 5.73 Å². The monoisotopic (exact) mass is 308 g/mol. The first-order chi connectivity index (χ1) is 10.5. The highest BCUT2D eigenvalue weighted by molar-refractivity contribution is 5.70. The molecule has 1 fully saturated rings. The first-order valence-electron chi connectivity index (χ1n) is 7.86. The van der Waals surface area contributed by atoms with Crippen molar-refractivity contribution in [3.05, 3.63) is 10.1 Å². The number of nitrogens with two attached hydrogens (primary N) is 1. The van der Waals surface area contributed by atoms with Crippen molar-refractivity contribution < 1.29 is 4.92 Å². The zero-order valence-electron chi connectivity index (χ0n) is 13.1. The molecule has 1 saturated carbocycles. The molecule has 0 unspecified atom stereocenters. The van der Waals surface area contributed by atoms with Gasteiger partial charge in [0.25, 0.3) is 0 Å². The lowest BCUT2D eigenvalue weighted by atomic mass is 9.95. The van der Waals surface area contributed by atoms with Gasteiger partial charge in [-0.3, -0.25) is 10.1 Å². The van der Waals surface area contributed by atoms with E-state index in [0.717, 1.165) is 32.1 Å². The molecule has 2 rings (SSSR count). The van der Waals surface area contributed by atoms with E-state index in [0.29, 0.717) is 5.95 Å². The molecule has 22 heavy (non-hydrogen) atoms. The van der Waals surface area contributed by atoms with Gasteiger partial charge < -0.3 is 16.4 Å². The maximum Gasteiger partial charge on any atom is 0.353 e. The van der Waals surface area contributed by atoms with E-state index >= 15 is 0 Å². The second-order valence-corrected chi connectivity index (χ2v) is 5.82. The summed E-state index contributed by atoms with van der Waals surface area (Å²) in [5.41, 5.74) is 5.54. The van der Waals surface area contributed by atoms with Crippen LogP contribution in [-0.2, 0) is 0 Å². The summed E-state index contributed by atoms with van der Waals surface area (Å²) in [5.74, 6) is 0.440. The highest BCUT2D eigenvalue weighted by Crippen LogP contribution is 2.31. The Kier molecular flexibility index (Phi) is 5.35. The standard InChI is InChI=1S/C14H24N6O2/c1-3-9(2)16-14-18-12(15)11(20(21)22)13(19-14)17-10-7-5-4-6-8-10/h9-10H,3-8H2,1-2H3,(H4,15,16,17,18,19)/t9-/m1/s1. The number of nitrogens with zero attached hydrogens (tertiary/aromatic N) is 3. The first-order valence-corrected chi connectivity index (χ1v) is 7.86. The highest BCUT2D eigenvalue weighted by Gasteiger charge is 2.26. The van der Waals surface area contributed by atoms with E-state index in [9.17, 15) is 10.1 Å². The third-order valence-electron chi connectivity index (χ3n) is 4.03. The fraction of sp³-hybridized carbons (Fsp3) is 0.714. The fourth-order valence-corrected chi connectivity index (χ4v) is 2.58. The second kappa shape index (κ2) is 7.24. The van der Waals surface area contributed by atoms with Gasteiger partial charge in [-0.25, -0.2) is 0 Å².